The number of aromatic nitrogens is 3. The Hall–Kier alpha value is -2.87. The fraction of sp³-hybridized carbons (Fsp3) is 0.409. The summed E-state index contributed by atoms with van der Waals surface area (Å²) in [5.41, 5.74) is 3.32. The summed E-state index contributed by atoms with van der Waals surface area (Å²) < 4.78 is 0. The molecule has 1 aromatic carbocycles. The molecular weight excluding hydrogens is 336 g/mol. The number of benzene rings is 1. The van der Waals surface area contributed by atoms with Crippen molar-refractivity contribution in [3.63, 3.8) is 0 Å². The predicted molar refractivity (Wildman–Crippen MR) is 107 cm³/mol. The van der Waals surface area contributed by atoms with Crippen LogP contribution < -0.4 is 0 Å². The molecule has 0 aliphatic heterocycles. The number of aromatic amines is 1. The van der Waals surface area contributed by atoms with Gasteiger partial charge in [0.1, 0.15) is 11.7 Å². The van der Waals surface area contributed by atoms with Gasteiger partial charge in [0.2, 0.25) is 0 Å². The van der Waals surface area contributed by atoms with Gasteiger partial charge in [0, 0.05) is 11.6 Å². The molecule has 140 valence electrons. The third kappa shape index (κ3) is 3.40. The maximum atomic E-state index is 10.9. The lowest BCUT2D eigenvalue weighted by Crippen LogP contribution is -2.18. The molecule has 1 atom stereocenters. The Morgan fingerprint density at radius 2 is 1.67 bits per heavy atom. The monoisotopic (exact) mass is 362 g/mol. The number of H-pyrrole nitrogens is 1. The first-order chi connectivity index (χ1) is 12.5. The number of hydrogen-bond acceptors (Lipinski definition) is 4. The molecule has 1 unspecified atom stereocenters. The quantitative estimate of drug-likeness (QED) is 0.678. The van der Waals surface area contributed by atoms with Crippen LogP contribution >= 0.6 is 0 Å². The number of phenolic OH excluding ortho intramolecular Hbond substituents is 1. The van der Waals surface area contributed by atoms with E-state index in [9.17, 15) is 10.4 Å². The fourth-order valence-electron chi connectivity index (χ4n) is 3.35. The molecule has 3 aromatic rings. The summed E-state index contributed by atoms with van der Waals surface area (Å²) in [5, 5.41) is 29.0. The molecule has 0 radical (unpaired) electrons. The molecule has 2 heterocycles. The highest BCUT2D eigenvalue weighted by molar-refractivity contribution is 5.79. The van der Waals surface area contributed by atoms with Crippen molar-refractivity contribution in [3.8, 4) is 11.8 Å². The van der Waals surface area contributed by atoms with E-state index in [1.165, 1.54) is 0 Å². The standard InChI is InChI=1S/C22H26N4O/c1-21(2,3)16-10-13(11-17(19(16)27)22(4,5)6)15(12-23)18-14-8-7-9-24-20(14)26-25-18/h7-11,15,27H,1-6H3,(H,24,25,26). The van der Waals surface area contributed by atoms with Crippen LogP contribution in [0.15, 0.2) is 30.5 Å². The molecule has 2 N–H and O–H groups in total. The van der Waals surface area contributed by atoms with Gasteiger partial charge < -0.3 is 5.11 Å². The number of hydrogen-bond donors (Lipinski definition) is 2. The Morgan fingerprint density at radius 1 is 1.07 bits per heavy atom. The van der Waals surface area contributed by atoms with Gasteiger partial charge in [-0.3, -0.25) is 5.10 Å². The molecule has 0 aliphatic carbocycles. The molecule has 0 fully saturated rings. The van der Waals surface area contributed by atoms with Gasteiger partial charge in [-0.25, -0.2) is 4.98 Å². The second-order valence-electron chi connectivity index (χ2n) is 9.04. The highest BCUT2D eigenvalue weighted by atomic mass is 16.3. The second kappa shape index (κ2) is 6.38. The third-order valence-electron chi connectivity index (χ3n) is 4.85. The molecule has 0 bridgehead atoms. The summed E-state index contributed by atoms with van der Waals surface area (Å²) >= 11 is 0. The fourth-order valence-corrected chi connectivity index (χ4v) is 3.35. The van der Waals surface area contributed by atoms with Gasteiger partial charge in [-0.2, -0.15) is 10.4 Å². The summed E-state index contributed by atoms with van der Waals surface area (Å²) in [4.78, 5) is 4.27. The smallest absolute Gasteiger partial charge is 0.155 e. The van der Waals surface area contributed by atoms with E-state index < -0.39 is 5.92 Å². The van der Waals surface area contributed by atoms with Gasteiger partial charge in [-0.1, -0.05) is 41.5 Å². The average molecular weight is 362 g/mol. The third-order valence-corrected chi connectivity index (χ3v) is 4.85. The number of pyridine rings is 1. The maximum absolute atomic E-state index is 10.9. The van der Waals surface area contributed by atoms with Crippen molar-refractivity contribution in [2.75, 3.05) is 0 Å². The zero-order valence-corrected chi connectivity index (χ0v) is 16.8. The van der Waals surface area contributed by atoms with E-state index in [4.69, 9.17) is 0 Å². The van der Waals surface area contributed by atoms with E-state index in [0.29, 0.717) is 17.1 Å². The summed E-state index contributed by atoms with van der Waals surface area (Å²) in [6.45, 7) is 12.4. The minimum absolute atomic E-state index is 0.255. The molecule has 5 nitrogen and oxygen atoms in total. The summed E-state index contributed by atoms with van der Waals surface area (Å²) in [6.07, 6.45) is 1.70. The van der Waals surface area contributed by atoms with Gasteiger partial charge in [0.25, 0.3) is 0 Å². The van der Waals surface area contributed by atoms with Crippen LogP contribution in [-0.4, -0.2) is 20.3 Å². The molecule has 0 saturated heterocycles. The first-order valence-electron chi connectivity index (χ1n) is 9.10. The normalized spacial score (nSPS) is 13.5. The van der Waals surface area contributed by atoms with Crippen LogP contribution in [0.2, 0.25) is 0 Å². The first-order valence-corrected chi connectivity index (χ1v) is 9.10. The van der Waals surface area contributed by atoms with Crippen LogP contribution in [-0.2, 0) is 10.8 Å². The van der Waals surface area contributed by atoms with Crippen LogP contribution in [0.1, 0.15) is 69.8 Å². The Kier molecular flexibility index (Phi) is 4.47. The lowest BCUT2D eigenvalue weighted by atomic mass is 9.77. The largest absolute Gasteiger partial charge is 0.507 e. The minimum atomic E-state index is -0.550. The average Bonchev–Trinajstić information content (AvgIpc) is 2.99. The van der Waals surface area contributed by atoms with Crippen molar-refractivity contribution < 1.29 is 5.11 Å². The predicted octanol–water partition coefficient (Wildman–Crippen LogP) is 4.91. The number of fused-ring (bicyclic) bond motifs is 1. The zero-order chi connectivity index (χ0) is 20.0. The number of aromatic hydroxyl groups is 1. The topological polar surface area (TPSA) is 85.6 Å². The molecule has 5 heteroatoms. The second-order valence-corrected chi connectivity index (χ2v) is 9.04. The molecule has 27 heavy (non-hydrogen) atoms. The van der Waals surface area contributed by atoms with E-state index in [0.717, 1.165) is 22.1 Å². The lowest BCUT2D eigenvalue weighted by molar-refractivity contribution is 0.422. The van der Waals surface area contributed by atoms with Crippen molar-refractivity contribution in [1.82, 2.24) is 15.2 Å². The molecule has 3 rings (SSSR count). The summed E-state index contributed by atoms with van der Waals surface area (Å²) in [5.74, 6) is -0.241. The van der Waals surface area contributed by atoms with Crippen molar-refractivity contribution in [2.45, 2.75) is 58.3 Å². The summed E-state index contributed by atoms with van der Waals surface area (Å²) in [6, 6.07) is 10.0. The molecule has 0 saturated carbocycles. The van der Waals surface area contributed by atoms with Gasteiger partial charge in [0.15, 0.2) is 5.65 Å². The Labute approximate surface area is 160 Å². The number of nitrogens with one attached hydrogen (secondary N) is 1. The minimum Gasteiger partial charge on any atom is -0.507 e. The van der Waals surface area contributed by atoms with Crippen LogP contribution in [0.3, 0.4) is 0 Å². The molecule has 0 spiro atoms. The van der Waals surface area contributed by atoms with Crippen LogP contribution in [0.5, 0.6) is 5.75 Å². The summed E-state index contributed by atoms with van der Waals surface area (Å²) in [7, 11) is 0. The van der Waals surface area contributed by atoms with Gasteiger partial charge >= 0.3 is 0 Å². The van der Waals surface area contributed by atoms with Crippen LogP contribution in [0.25, 0.3) is 11.0 Å². The van der Waals surface area contributed by atoms with E-state index in [-0.39, 0.29) is 10.8 Å². The van der Waals surface area contributed by atoms with Gasteiger partial charge in [-0.15, -0.1) is 0 Å². The van der Waals surface area contributed by atoms with Crippen molar-refractivity contribution in [3.05, 3.63) is 52.8 Å². The highest BCUT2D eigenvalue weighted by Gasteiger charge is 2.29. The van der Waals surface area contributed by atoms with E-state index in [1.54, 1.807) is 6.20 Å². The van der Waals surface area contributed by atoms with E-state index in [2.05, 4.69) is 62.8 Å². The highest BCUT2D eigenvalue weighted by Crippen LogP contribution is 2.42. The van der Waals surface area contributed by atoms with Gasteiger partial charge in [0.05, 0.1) is 11.8 Å². The SMILES string of the molecule is CC(C)(C)c1cc(C(C#N)c2n[nH]c3ncccc23)cc(C(C)(C)C)c1O. The van der Waals surface area contributed by atoms with E-state index in [1.807, 2.05) is 24.3 Å². The first kappa shape index (κ1) is 18.9. The number of rotatable bonds is 2. The maximum Gasteiger partial charge on any atom is 0.155 e. The van der Waals surface area contributed by atoms with Gasteiger partial charge in [-0.05, 0) is 51.8 Å². The Morgan fingerprint density at radius 3 is 2.19 bits per heavy atom. The van der Waals surface area contributed by atoms with Crippen molar-refractivity contribution in [1.29, 1.82) is 5.26 Å². The Bertz CT molecular complexity index is 994. The number of nitriles is 1. The van der Waals surface area contributed by atoms with E-state index >= 15 is 0 Å². The van der Waals surface area contributed by atoms with Crippen molar-refractivity contribution in [2.24, 2.45) is 0 Å². The molecule has 2 aromatic heterocycles. The lowest BCUT2D eigenvalue weighted by Gasteiger charge is -2.28. The molecule has 0 amide bonds. The number of phenols is 1. The van der Waals surface area contributed by atoms with Crippen LogP contribution in [0.4, 0.5) is 0 Å². The number of nitrogens with zero attached hydrogens (tertiary/aromatic N) is 3. The zero-order valence-electron chi connectivity index (χ0n) is 16.8. The Balaban J connectivity index is 2.27. The molecular formula is C22H26N4O. The molecule has 0 aliphatic rings. The van der Waals surface area contributed by atoms with Crippen molar-refractivity contribution >= 4 is 11.0 Å². The van der Waals surface area contributed by atoms with Crippen LogP contribution in [0, 0.1) is 11.3 Å².